The molecule has 2 aromatic carbocycles. The molecule has 2 aromatic rings. The fourth-order valence-corrected chi connectivity index (χ4v) is 6.25. The number of carbonyl (C=O) groups is 2. The Morgan fingerprint density at radius 3 is 2.31 bits per heavy atom. The molecule has 2 fully saturated rings. The van der Waals surface area contributed by atoms with E-state index in [1.54, 1.807) is 0 Å². The predicted octanol–water partition coefficient (Wildman–Crippen LogP) is 6.25. The van der Waals surface area contributed by atoms with Crippen molar-refractivity contribution in [2.75, 3.05) is 20.2 Å². The number of hydrogen-bond donors (Lipinski definition) is 1. The van der Waals surface area contributed by atoms with Gasteiger partial charge in [0, 0.05) is 6.04 Å². The number of nitrogens with one attached hydrogen (secondary N) is 1. The van der Waals surface area contributed by atoms with E-state index in [4.69, 9.17) is 4.74 Å². The van der Waals surface area contributed by atoms with Crippen LogP contribution in [0.4, 0.5) is 17.6 Å². The molecule has 1 heterocycles. The Labute approximate surface area is 226 Å². The highest BCUT2D eigenvalue weighted by atomic mass is 19.4. The summed E-state index contributed by atoms with van der Waals surface area (Å²) in [5, 5.41) is 2.75. The average Bonchev–Trinajstić information content (AvgIpc) is 3.38. The predicted molar refractivity (Wildman–Crippen MR) is 139 cm³/mol. The van der Waals surface area contributed by atoms with Gasteiger partial charge in [0.25, 0.3) is 0 Å². The van der Waals surface area contributed by atoms with Gasteiger partial charge in [-0.3, -0.25) is 4.79 Å². The smallest absolute Gasteiger partial charge is 0.416 e. The first-order chi connectivity index (χ1) is 18.4. The van der Waals surface area contributed by atoms with Crippen LogP contribution in [0.15, 0.2) is 48.5 Å². The van der Waals surface area contributed by atoms with Crippen LogP contribution >= 0.6 is 0 Å². The van der Waals surface area contributed by atoms with Crippen molar-refractivity contribution in [2.45, 2.75) is 70.1 Å². The molecule has 9 heteroatoms. The van der Waals surface area contributed by atoms with Crippen molar-refractivity contribution >= 4 is 11.9 Å². The highest BCUT2D eigenvalue weighted by Gasteiger charge is 2.50. The van der Waals surface area contributed by atoms with E-state index in [1.165, 1.54) is 24.3 Å². The number of piperidine rings is 1. The second-order valence-electron chi connectivity index (χ2n) is 11.1. The number of esters is 1. The highest BCUT2D eigenvalue weighted by Crippen LogP contribution is 2.47. The molecular weight excluding hydrogens is 512 g/mol. The molecule has 3 atom stereocenters. The van der Waals surface area contributed by atoms with Gasteiger partial charge in [-0.1, -0.05) is 38.1 Å². The Bertz CT molecular complexity index is 1160. The van der Waals surface area contributed by atoms with Crippen LogP contribution in [0.5, 0.6) is 0 Å². The van der Waals surface area contributed by atoms with E-state index < -0.39 is 29.2 Å². The van der Waals surface area contributed by atoms with E-state index in [1.807, 2.05) is 26.0 Å². The topological polar surface area (TPSA) is 58.6 Å². The first-order valence-corrected chi connectivity index (χ1v) is 13.5. The summed E-state index contributed by atoms with van der Waals surface area (Å²) in [6, 6.07) is 9.96. The number of alkyl halides is 3. The lowest BCUT2D eigenvalue weighted by Crippen LogP contribution is -2.48. The lowest BCUT2D eigenvalue weighted by molar-refractivity contribution is -0.148. The van der Waals surface area contributed by atoms with Crippen LogP contribution in [0.25, 0.3) is 0 Å². The number of methoxy groups -OCH3 is 1. The van der Waals surface area contributed by atoms with Gasteiger partial charge in [0.15, 0.2) is 6.04 Å². The maximum Gasteiger partial charge on any atom is 0.416 e. The van der Waals surface area contributed by atoms with Gasteiger partial charge in [-0.2, -0.15) is 13.2 Å². The third-order valence-corrected chi connectivity index (χ3v) is 8.73. The summed E-state index contributed by atoms with van der Waals surface area (Å²) >= 11 is 0. The summed E-state index contributed by atoms with van der Waals surface area (Å²) in [6.07, 6.45) is -0.641. The second kappa shape index (κ2) is 11.7. The van der Waals surface area contributed by atoms with Gasteiger partial charge < -0.3 is 15.0 Å². The van der Waals surface area contributed by atoms with Gasteiger partial charge in [-0.05, 0) is 92.4 Å². The molecule has 212 valence electrons. The molecule has 1 N–H and O–H groups in total. The number of nitrogens with zero attached hydrogens (tertiary/aromatic N) is 1. The molecule has 1 saturated heterocycles. The van der Waals surface area contributed by atoms with Gasteiger partial charge in [0.1, 0.15) is 5.82 Å². The van der Waals surface area contributed by atoms with Crippen molar-refractivity contribution < 1.29 is 31.9 Å². The third kappa shape index (κ3) is 6.29. The molecule has 0 aromatic heterocycles. The van der Waals surface area contributed by atoms with E-state index in [9.17, 15) is 27.2 Å². The van der Waals surface area contributed by atoms with E-state index in [2.05, 4.69) is 10.2 Å². The number of halogens is 4. The zero-order valence-corrected chi connectivity index (χ0v) is 22.6. The molecule has 0 spiro atoms. The molecule has 1 aliphatic heterocycles. The lowest BCUT2D eigenvalue weighted by Gasteiger charge is -2.38. The Morgan fingerprint density at radius 1 is 1.05 bits per heavy atom. The number of ether oxygens (including phenoxy) is 1. The largest absolute Gasteiger partial charge is 0.467 e. The van der Waals surface area contributed by atoms with Gasteiger partial charge in [-0.15, -0.1) is 0 Å². The van der Waals surface area contributed by atoms with E-state index in [0.717, 1.165) is 57.2 Å². The monoisotopic (exact) mass is 548 g/mol. The first-order valence-electron chi connectivity index (χ1n) is 13.5. The van der Waals surface area contributed by atoms with Crippen molar-refractivity contribution in [3.05, 3.63) is 71.0 Å². The van der Waals surface area contributed by atoms with Crippen LogP contribution in [-0.4, -0.2) is 43.0 Å². The molecule has 0 bridgehead atoms. The van der Waals surface area contributed by atoms with Gasteiger partial charge in [0.2, 0.25) is 5.91 Å². The second-order valence-corrected chi connectivity index (χ2v) is 11.1. The molecule has 39 heavy (non-hydrogen) atoms. The summed E-state index contributed by atoms with van der Waals surface area (Å²) < 4.78 is 58.1. The van der Waals surface area contributed by atoms with Crippen LogP contribution in [0.1, 0.15) is 74.6 Å². The number of hydrogen-bond acceptors (Lipinski definition) is 4. The minimum atomic E-state index is -4.58. The molecule has 2 aliphatic rings. The normalized spacial score (nSPS) is 23.5. The Kier molecular flexibility index (Phi) is 8.69. The molecule has 0 radical (unpaired) electrons. The zero-order valence-electron chi connectivity index (χ0n) is 22.6. The number of carbonyl (C=O) groups excluding carboxylic acids is 2. The number of benzene rings is 2. The molecule has 1 saturated carbocycles. The van der Waals surface area contributed by atoms with E-state index in [0.29, 0.717) is 18.8 Å². The van der Waals surface area contributed by atoms with Crippen LogP contribution in [0, 0.1) is 17.2 Å². The van der Waals surface area contributed by atoms with Gasteiger partial charge >= 0.3 is 12.1 Å². The standard InChI is InChI=1S/C30H36F4N2O3/c1-19(2)29(28(38)35-26(27(37)39-3)22-5-4-6-23(17-22)30(32,33)34)14-11-25(18-29)36-15-12-21(13-16-36)20-7-9-24(31)10-8-20/h4-10,17,19,21,25-26H,11-16,18H2,1-3H3,(H,35,38). The lowest BCUT2D eigenvalue weighted by atomic mass is 9.74. The fourth-order valence-electron chi connectivity index (χ4n) is 6.25. The number of likely N-dealkylation sites (tertiary alicyclic amines) is 1. The Hall–Kier alpha value is -2.94. The number of rotatable bonds is 7. The van der Waals surface area contributed by atoms with E-state index >= 15 is 0 Å². The molecule has 4 rings (SSSR count). The summed E-state index contributed by atoms with van der Waals surface area (Å²) in [4.78, 5) is 28.8. The summed E-state index contributed by atoms with van der Waals surface area (Å²) in [5.41, 5.74) is -0.485. The molecular formula is C30H36F4N2O3. The van der Waals surface area contributed by atoms with Crippen molar-refractivity contribution in [1.82, 2.24) is 10.2 Å². The fraction of sp³-hybridized carbons (Fsp3) is 0.533. The molecule has 5 nitrogen and oxygen atoms in total. The van der Waals surface area contributed by atoms with Crippen molar-refractivity contribution in [3.8, 4) is 0 Å². The van der Waals surface area contributed by atoms with Crippen molar-refractivity contribution in [2.24, 2.45) is 11.3 Å². The SMILES string of the molecule is COC(=O)C(NC(=O)C1(C(C)C)CCC(N2CCC(c3ccc(F)cc3)CC2)C1)c1cccc(C(F)(F)F)c1. The maximum atomic E-state index is 13.8. The third-order valence-electron chi connectivity index (χ3n) is 8.73. The highest BCUT2D eigenvalue weighted by molar-refractivity contribution is 5.89. The summed E-state index contributed by atoms with van der Waals surface area (Å²) in [6.45, 7) is 5.69. The van der Waals surface area contributed by atoms with Crippen molar-refractivity contribution in [3.63, 3.8) is 0 Å². The van der Waals surface area contributed by atoms with Crippen LogP contribution in [0.2, 0.25) is 0 Å². The van der Waals surface area contributed by atoms with Crippen LogP contribution in [0.3, 0.4) is 0 Å². The summed E-state index contributed by atoms with van der Waals surface area (Å²) in [7, 11) is 1.15. The number of amides is 1. The maximum absolute atomic E-state index is 13.8. The van der Waals surface area contributed by atoms with Crippen LogP contribution in [-0.2, 0) is 20.5 Å². The van der Waals surface area contributed by atoms with Gasteiger partial charge in [-0.25, -0.2) is 9.18 Å². The molecule has 1 aliphatic carbocycles. The Balaban J connectivity index is 1.47. The van der Waals surface area contributed by atoms with Gasteiger partial charge in [0.05, 0.1) is 18.1 Å². The van der Waals surface area contributed by atoms with Crippen LogP contribution < -0.4 is 5.32 Å². The minimum absolute atomic E-state index is 0.0290. The first kappa shape index (κ1) is 29.1. The summed E-state index contributed by atoms with van der Waals surface area (Å²) in [5.74, 6) is -1.07. The minimum Gasteiger partial charge on any atom is -0.467 e. The quantitative estimate of drug-likeness (QED) is 0.328. The molecule has 3 unspecified atom stereocenters. The van der Waals surface area contributed by atoms with E-state index in [-0.39, 0.29) is 29.2 Å². The Morgan fingerprint density at radius 2 is 1.72 bits per heavy atom. The zero-order chi connectivity index (χ0) is 28.4. The molecule has 1 amide bonds. The average molecular weight is 549 g/mol. The van der Waals surface area contributed by atoms with Crippen molar-refractivity contribution in [1.29, 1.82) is 0 Å².